The average molecular weight is 503 g/mol. The summed E-state index contributed by atoms with van der Waals surface area (Å²) in [6.07, 6.45) is 0. The van der Waals surface area contributed by atoms with Crippen LogP contribution in [0.4, 0.5) is 5.69 Å². The van der Waals surface area contributed by atoms with E-state index in [1.807, 2.05) is 72.8 Å². The van der Waals surface area contributed by atoms with Gasteiger partial charge in [0.25, 0.3) is 5.91 Å². The first-order valence-electron chi connectivity index (χ1n) is 10.2. The summed E-state index contributed by atoms with van der Waals surface area (Å²) < 4.78 is 17.4. The highest BCUT2D eigenvalue weighted by molar-refractivity contribution is 9.10. The maximum atomic E-state index is 13.2. The number of ether oxygens (including phenoxy) is 2. The predicted octanol–water partition coefficient (Wildman–Crippen LogP) is 6.68. The number of benzene rings is 4. The number of aromatic nitrogens is 1. The van der Waals surface area contributed by atoms with Crippen molar-refractivity contribution in [3.05, 3.63) is 82.8 Å². The Morgan fingerprint density at radius 1 is 0.970 bits per heavy atom. The fourth-order valence-corrected chi connectivity index (χ4v) is 4.48. The summed E-state index contributed by atoms with van der Waals surface area (Å²) in [4.78, 5) is 17.7. The van der Waals surface area contributed by atoms with Crippen LogP contribution in [0.3, 0.4) is 0 Å². The lowest BCUT2D eigenvalue weighted by Crippen LogP contribution is -2.13. The van der Waals surface area contributed by atoms with Gasteiger partial charge in [-0.3, -0.25) is 4.79 Å². The van der Waals surface area contributed by atoms with Crippen LogP contribution in [-0.2, 0) is 0 Å². The van der Waals surface area contributed by atoms with E-state index < -0.39 is 0 Å². The molecule has 0 atom stereocenters. The summed E-state index contributed by atoms with van der Waals surface area (Å²) >= 11 is 3.58. The monoisotopic (exact) mass is 502 g/mol. The maximum absolute atomic E-state index is 13.2. The highest BCUT2D eigenvalue weighted by Gasteiger charge is 2.19. The van der Waals surface area contributed by atoms with Crippen LogP contribution in [0.15, 0.2) is 81.7 Å². The second-order valence-corrected chi connectivity index (χ2v) is 8.17. The predicted molar refractivity (Wildman–Crippen MR) is 132 cm³/mol. The molecule has 5 aromatic rings. The molecule has 1 aromatic heterocycles. The van der Waals surface area contributed by atoms with Gasteiger partial charge < -0.3 is 19.2 Å². The normalized spacial score (nSPS) is 11.0. The Morgan fingerprint density at radius 3 is 2.64 bits per heavy atom. The second kappa shape index (κ2) is 8.60. The number of carbonyl (C=O) groups excluding carboxylic acids is 1. The van der Waals surface area contributed by atoms with E-state index in [0.29, 0.717) is 39.7 Å². The Balaban J connectivity index is 1.47. The number of hydrogen-bond acceptors (Lipinski definition) is 5. The van der Waals surface area contributed by atoms with Crippen molar-refractivity contribution in [2.24, 2.45) is 0 Å². The van der Waals surface area contributed by atoms with Gasteiger partial charge in [0.2, 0.25) is 5.89 Å². The van der Waals surface area contributed by atoms with Gasteiger partial charge >= 0.3 is 0 Å². The van der Waals surface area contributed by atoms with Gasteiger partial charge in [-0.2, -0.15) is 0 Å². The summed E-state index contributed by atoms with van der Waals surface area (Å²) in [7, 11) is 3.16. The third-order valence-corrected chi connectivity index (χ3v) is 6.14. The second-order valence-electron chi connectivity index (χ2n) is 7.38. The first kappa shape index (κ1) is 21.0. The van der Waals surface area contributed by atoms with Crippen molar-refractivity contribution in [1.29, 1.82) is 0 Å². The van der Waals surface area contributed by atoms with E-state index in [1.54, 1.807) is 14.2 Å². The summed E-state index contributed by atoms with van der Waals surface area (Å²) in [6, 6.07) is 22.5. The van der Waals surface area contributed by atoms with Crippen molar-refractivity contribution in [2.75, 3.05) is 19.5 Å². The SMILES string of the molecule is COc1ccc2oc(-c3cccc(NC(=O)c4cc5ccccc5c(Br)c4OC)c3)nc2c1. The molecule has 0 aliphatic rings. The Bertz CT molecular complexity index is 1510. The lowest BCUT2D eigenvalue weighted by atomic mass is 10.0. The Hall–Kier alpha value is -3.84. The topological polar surface area (TPSA) is 73.6 Å². The molecular formula is C26H19BrN2O4. The van der Waals surface area contributed by atoms with Crippen LogP contribution >= 0.6 is 15.9 Å². The van der Waals surface area contributed by atoms with Gasteiger partial charge in [-0.05, 0) is 63.1 Å². The zero-order valence-corrected chi connectivity index (χ0v) is 19.5. The molecule has 4 aromatic carbocycles. The fourth-order valence-electron chi connectivity index (χ4n) is 3.74. The third-order valence-electron chi connectivity index (χ3n) is 5.35. The van der Waals surface area contributed by atoms with Crippen LogP contribution in [0.25, 0.3) is 33.3 Å². The van der Waals surface area contributed by atoms with E-state index in [4.69, 9.17) is 13.9 Å². The molecule has 164 valence electrons. The van der Waals surface area contributed by atoms with Gasteiger partial charge in [0.05, 0.1) is 24.3 Å². The number of nitrogens with zero attached hydrogens (tertiary/aromatic N) is 1. The van der Waals surface area contributed by atoms with Crippen molar-refractivity contribution < 1.29 is 18.7 Å². The molecule has 0 bridgehead atoms. The Kier molecular flexibility index (Phi) is 5.48. The number of nitrogens with one attached hydrogen (secondary N) is 1. The van der Waals surface area contributed by atoms with E-state index in [0.717, 1.165) is 20.8 Å². The first-order valence-corrected chi connectivity index (χ1v) is 11.0. The standard InChI is InChI=1S/C26H19BrN2O4/c1-31-18-10-11-22-21(14-18)29-26(33-22)16-7-5-8-17(12-16)28-25(30)20-13-15-6-3-4-9-19(15)23(27)24(20)32-2/h3-14H,1-2H3,(H,28,30). The van der Waals surface area contributed by atoms with Crippen LogP contribution in [0.5, 0.6) is 11.5 Å². The Labute approximate surface area is 198 Å². The number of oxazole rings is 1. The molecule has 0 radical (unpaired) electrons. The van der Waals surface area contributed by atoms with E-state index in [2.05, 4.69) is 26.2 Å². The number of hydrogen-bond donors (Lipinski definition) is 1. The molecule has 6 nitrogen and oxygen atoms in total. The number of amides is 1. The number of anilines is 1. The molecule has 0 spiro atoms. The molecule has 1 heterocycles. The van der Waals surface area contributed by atoms with Gasteiger partial charge in [0, 0.05) is 17.3 Å². The summed E-state index contributed by atoms with van der Waals surface area (Å²) in [5.41, 5.74) is 3.15. The number of halogens is 1. The van der Waals surface area contributed by atoms with Crippen LogP contribution in [0.2, 0.25) is 0 Å². The van der Waals surface area contributed by atoms with E-state index in [9.17, 15) is 4.79 Å². The zero-order chi connectivity index (χ0) is 22.9. The molecular weight excluding hydrogens is 484 g/mol. The van der Waals surface area contributed by atoms with Crippen molar-refractivity contribution in [2.45, 2.75) is 0 Å². The molecule has 1 amide bonds. The van der Waals surface area contributed by atoms with E-state index in [1.165, 1.54) is 0 Å². The summed E-state index contributed by atoms with van der Waals surface area (Å²) in [6.45, 7) is 0. The fraction of sp³-hybridized carbons (Fsp3) is 0.0769. The zero-order valence-electron chi connectivity index (χ0n) is 17.9. The van der Waals surface area contributed by atoms with E-state index in [-0.39, 0.29) is 5.91 Å². The van der Waals surface area contributed by atoms with Gasteiger partial charge in [0.15, 0.2) is 5.58 Å². The lowest BCUT2D eigenvalue weighted by molar-refractivity contribution is 0.102. The first-order chi connectivity index (χ1) is 16.1. The molecule has 0 saturated heterocycles. The highest BCUT2D eigenvalue weighted by Crippen LogP contribution is 2.37. The summed E-state index contributed by atoms with van der Waals surface area (Å²) in [5.74, 6) is 1.37. The minimum atomic E-state index is -0.280. The van der Waals surface area contributed by atoms with Crippen LogP contribution in [0, 0.1) is 0 Å². The van der Waals surface area contributed by atoms with E-state index >= 15 is 0 Å². The number of rotatable bonds is 5. The molecule has 0 aliphatic carbocycles. The average Bonchev–Trinajstić information content (AvgIpc) is 3.27. The number of methoxy groups -OCH3 is 2. The minimum absolute atomic E-state index is 0.280. The van der Waals surface area contributed by atoms with Crippen molar-refractivity contribution in [1.82, 2.24) is 4.98 Å². The molecule has 0 saturated carbocycles. The molecule has 33 heavy (non-hydrogen) atoms. The van der Waals surface area contributed by atoms with Gasteiger partial charge in [-0.1, -0.05) is 30.3 Å². The molecule has 5 rings (SSSR count). The summed E-state index contributed by atoms with van der Waals surface area (Å²) in [5, 5.41) is 4.87. The molecule has 7 heteroatoms. The van der Waals surface area contributed by atoms with Crippen molar-refractivity contribution in [3.63, 3.8) is 0 Å². The smallest absolute Gasteiger partial charge is 0.259 e. The molecule has 0 unspecified atom stereocenters. The molecule has 0 fully saturated rings. The molecule has 0 aliphatic heterocycles. The van der Waals surface area contributed by atoms with Crippen LogP contribution in [0.1, 0.15) is 10.4 Å². The lowest BCUT2D eigenvalue weighted by Gasteiger charge is -2.14. The minimum Gasteiger partial charge on any atom is -0.497 e. The van der Waals surface area contributed by atoms with Gasteiger partial charge in [-0.15, -0.1) is 0 Å². The van der Waals surface area contributed by atoms with Crippen LogP contribution < -0.4 is 14.8 Å². The Morgan fingerprint density at radius 2 is 1.82 bits per heavy atom. The van der Waals surface area contributed by atoms with Gasteiger partial charge in [-0.25, -0.2) is 4.98 Å². The highest BCUT2D eigenvalue weighted by atomic mass is 79.9. The van der Waals surface area contributed by atoms with Crippen molar-refractivity contribution >= 4 is 49.4 Å². The molecule has 1 N–H and O–H groups in total. The largest absolute Gasteiger partial charge is 0.497 e. The van der Waals surface area contributed by atoms with Crippen molar-refractivity contribution in [3.8, 4) is 23.0 Å². The number of fused-ring (bicyclic) bond motifs is 2. The van der Waals surface area contributed by atoms with Crippen LogP contribution in [-0.4, -0.2) is 25.1 Å². The maximum Gasteiger partial charge on any atom is 0.259 e. The quantitative estimate of drug-likeness (QED) is 0.290. The van der Waals surface area contributed by atoms with Gasteiger partial charge in [0.1, 0.15) is 17.0 Å². The third kappa shape index (κ3) is 3.91. The number of carbonyl (C=O) groups is 1.